The monoisotopic (exact) mass is 344 g/mol. The van der Waals surface area contributed by atoms with Crippen LogP contribution in [-0.4, -0.2) is 11.8 Å². The minimum Gasteiger partial charge on any atom is -0.446 e. The topological polar surface area (TPSA) is 43.4 Å². The number of hydrogen-bond donors (Lipinski definition) is 0. The molecule has 0 spiro atoms. The molecule has 126 valence electrons. The molecule has 0 aliphatic carbocycles. The Labute approximate surface area is 132 Å². The van der Waals surface area contributed by atoms with Crippen LogP contribution in [-0.2, 0) is 9.53 Å². The van der Waals surface area contributed by atoms with E-state index < -0.39 is 52.5 Å². The van der Waals surface area contributed by atoms with Crippen LogP contribution in [0.25, 0.3) is 0 Å². The zero-order valence-electron chi connectivity index (χ0n) is 12.1. The summed E-state index contributed by atoms with van der Waals surface area (Å²) >= 11 is 0. The van der Waals surface area contributed by atoms with Crippen molar-refractivity contribution in [2.45, 2.75) is 13.0 Å². The molecule has 0 aliphatic heterocycles. The fourth-order valence-electron chi connectivity index (χ4n) is 1.96. The van der Waals surface area contributed by atoms with Crippen LogP contribution in [0.1, 0.15) is 28.9 Å². The fourth-order valence-corrected chi connectivity index (χ4v) is 1.96. The van der Waals surface area contributed by atoms with Gasteiger partial charge in [0.15, 0.2) is 35.2 Å². The number of Topliss-reactive ketones (excluding diaryl/α,β-unsaturated/α-hetero) is 1. The van der Waals surface area contributed by atoms with Gasteiger partial charge >= 0.3 is 5.97 Å². The molecular formula is C16H9F5O3. The van der Waals surface area contributed by atoms with Crippen LogP contribution in [0, 0.1) is 29.1 Å². The maximum atomic E-state index is 13.6. The van der Waals surface area contributed by atoms with Gasteiger partial charge in [0.1, 0.15) is 5.56 Å². The number of ether oxygens (including phenoxy) is 1. The molecule has 0 heterocycles. The molecule has 1 unspecified atom stereocenters. The van der Waals surface area contributed by atoms with E-state index in [0.29, 0.717) is 0 Å². The lowest BCUT2D eigenvalue weighted by Crippen LogP contribution is -2.21. The van der Waals surface area contributed by atoms with Crippen molar-refractivity contribution in [3.8, 4) is 0 Å². The molecule has 0 radical (unpaired) electrons. The SMILES string of the molecule is CC(=O)C(OC(=O)c1c(F)c(F)c(F)c(F)c1F)c1ccccc1. The summed E-state index contributed by atoms with van der Waals surface area (Å²) in [6, 6.07) is 7.43. The van der Waals surface area contributed by atoms with Gasteiger partial charge in [-0.25, -0.2) is 26.7 Å². The lowest BCUT2D eigenvalue weighted by atomic mass is 10.1. The maximum Gasteiger partial charge on any atom is 0.345 e. The van der Waals surface area contributed by atoms with Crippen molar-refractivity contribution >= 4 is 11.8 Å². The second kappa shape index (κ2) is 6.77. The second-order valence-electron chi connectivity index (χ2n) is 4.75. The summed E-state index contributed by atoms with van der Waals surface area (Å²) in [7, 11) is 0. The summed E-state index contributed by atoms with van der Waals surface area (Å²) in [6.45, 7) is 1.05. The van der Waals surface area contributed by atoms with Gasteiger partial charge in [0, 0.05) is 0 Å². The number of hydrogen-bond acceptors (Lipinski definition) is 3. The van der Waals surface area contributed by atoms with Crippen molar-refractivity contribution in [1.82, 2.24) is 0 Å². The number of carbonyl (C=O) groups excluding carboxylic acids is 2. The quantitative estimate of drug-likeness (QED) is 0.366. The molecule has 0 saturated heterocycles. The molecule has 0 amide bonds. The normalized spacial score (nSPS) is 11.9. The highest BCUT2D eigenvalue weighted by molar-refractivity contribution is 5.93. The van der Waals surface area contributed by atoms with Crippen molar-refractivity contribution in [3.63, 3.8) is 0 Å². The van der Waals surface area contributed by atoms with Crippen molar-refractivity contribution < 1.29 is 36.3 Å². The standard InChI is InChI=1S/C16H9F5O3/c1-7(22)15(8-5-3-2-4-6-8)24-16(23)9-10(17)12(19)14(21)13(20)11(9)18/h2-6,15H,1H3. The van der Waals surface area contributed by atoms with Crippen LogP contribution >= 0.6 is 0 Å². The number of benzene rings is 2. The summed E-state index contributed by atoms with van der Waals surface area (Å²) in [5.74, 6) is -14.1. The molecule has 0 aliphatic rings. The molecule has 2 rings (SSSR count). The van der Waals surface area contributed by atoms with E-state index >= 15 is 0 Å². The van der Waals surface area contributed by atoms with E-state index in [1.165, 1.54) is 24.3 Å². The number of ketones is 1. The van der Waals surface area contributed by atoms with E-state index in [1.807, 2.05) is 0 Å². The predicted octanol–water partition coefficient (Wildman–Crippen LogP) is 3.87. The van der Waals surface area contributed by atoms with Gasteiger partial charge in [0.05, 0.1) is 0 Å². The number of rotatable bonds is 4. The highest BCUT2D eigenvalue weighted by atomic mass is 19.2. The van der Waals surface area contributed by atoms with E-state index in [2.05, 4.69) is 4.74 Å². The van der Waals surface area contributed by atoms with Gasteiger partial charge < -0.3 is 4.74 Å². The van der Waals surface area contributed by atoms with Gasteiger partial charge in [-0.15, -0.1) is 0 Å². The lowest BCUT2D eigenvalue weighted by Gasteiger charge is -2.16. The second-order valence-corrected chi connectivity index (χ2v) is 4.75. The average Bonchev–Trinajstić information content (AvgIpc) is 2.56. The van der Waals surface area contributed by atoms with Crippen molar-refractivity contribution in [2.24, 2.45) is 0 Å². The van der Waals surface area contributed by atoms with Gasteiger partial charge in [-0.2, -0.15) is 0 Å². The molecule has 0 fully saturated rings. The van der Waals surface area contributed by atoms with Gasteiger partial charge in [0.25, 0.3) is 0 Å². The molecule has 2 aromatic rings. The third-order valence-electron chi connectivity index (χ3n) is 3.11. The smallest absolute Gasteiger partial charge is 0.345 e. The van der Waals surface area contributed by atoms with E-state index in [9.17, 15) is 31.5 Å². The average molecular weight is 344 g/mol. The van der Waals surface area contributed by atoms with E-state index in [4.69, 9.17) is 0 Å². The minimum absolute atomic E-state index is 0.183. The maximum absolute atomic E-state index is 13.6. The van der Waals surface area contributed by atoms with E-state index in [0.717, 1.165) is 6.92 Å². The molecule has 1 atom stereocenters. The number of carbonyl (C=O) groups is 2. The van der Waals surface area contributed by atoms with Gasteiger partial charge in [0.2, 0.25) is 5.82 Å². The Morgan fingerprint density at radius 2 is 1.29 bits per heavy atom. The molecule has 3 nitrogen and oxygen atoms in total. The summed E-state index contributed by atoms with van der Waals surface area (Å²) in [5, 5.41) is 0. The lowest BCUT2D eigenvalue weighted by molar-refractivity contribution is -0.125. The van der Waals surface area contributed by atoms with Crippen LogP contribution in [0.4, 0.5) is 22.0 Å². The molecule has 0 bridgehead atoms. The fraction of sp³-hybridized carbons (Fsp3) is 0.125. The van der Waals surface area contributed by atoms with Gasteiger partial charge in [-0.05, 0) is 12.5 Å². The first-order valence-electron chi connectivity index (χ1n) is 6.53. The van der Waals surface area contributed by atoms with E-state index in [-0.39, 0.29) is 5.56 Å². The Morgan fingerprint density at radius 3 is 1.75 bits per heavy atom. The number of esters is 1. The summed E-state index contributed by atoms with van der Waals surface area (Å²) < 4.78 is 71.1. The molecule has 0 N–H and O–H groups in total. The Kier molecular flexibility index (Phi) is 4.96. The van der Waals surface area contributed by atoms with Gasteiger partial charge in [-0.1, -0.05) is 30.3 Å². The van der Waals surface area contributed by atoms with Crippen molar-refractivity contribution in [3.05, 3.63) is 70.5 Å². The van der Waals surface area contributed by atoms with Crippen LogP contribution in [0.3, 0.4) is 0 Å². The Morgan fingerprint density at radius 1 is 0.833 bits per heavy atom. The zero-order chi connectivity index (χ0) is 18.0. The van der Waals surface area contributed by atoms with Crippen LogP contribution in [0.2, 0.25) is 0 Å². The Bertz CT molecular complexity index is 776. The molecule has 0 aromatic heterocycles. The Hall–Kier alpha value is -2.77. The molecule has 2 aromatic carbocycles. The zero-order valence-corrected chi connectivity index (χ0v) is 12.1. The summed E-state index contributed by atoms with van der Waals surface area (Å²) in [6.07, 6.45) is -1.55. The first-order valence-corrected chi connectivity index (χ1v) is 6.53. The molecular weight excluding hydrogens is 335 g/mol. The van der Waals surface area contributed by atoms with Gasteiger partial charge in [-0.3, -0.25) is 4.79 Å². The first kappa shape index (κ1) is 17.6. The van der Waals surface area contributed by atoms with Crippen LogP contribution in [0.5, 0.6) is 0 Å². The van der Waals surface area contributed by atoms with Crippen molar-refractivity contribution in [2.75, 3.05) is 0 Å². The summed E-state index contributed by atoms with van der Waals surface area (Å²) in [5.41, 5.74) is -1.57. The van der Waals surface area contributed by atoms with Crippen LogP contribution in [0.15, 0.2) is 30.3 Å². The minimum atomic E-state index is -2.40. The third-order valence-corrected chi connectivity index (χ3v) is 3.11. The van der Waals surface area contributed by atoms with Crippen molar-refractivity contribution in [1.29, 1.82) is 0 Å². The largest absolute Gasteiger partial charge is 0.446 e. The molecule has 0 saturated carbocycles. The number of halogens is 5. The predicted molar refractivity (Wildman–Crippen MR) is 71.5 cm³/mol. The first-order chi connectivity index (χ1) is 11.3. The van der Waals surface area contributed by atoms with E-state index in [1.54, 1.807) is 6.07 Å². The Balaban J connectivity index is 2.44. The highest BCUT2D eigenvalue weighted by Gasteiger charge is 2.33. The third kappa shape index (κ3) is 3.12. The highest BCUT2D eigenvalue weighted by Crippen LogP contribution is 2.26. The van der Waals surface area contributed by atoms with Crippen LogP contribution < -0.4 is 0 Å². The molecule has 24 heavy (non-hydrogen) atoms. The summed E-state index contributed by atoms with van der Waals surface area (Å²) in [4.78, 5) is 23.5. The molecule has 8 heteroatoms.